The number of benzene rings is 1. The molecule has 106 valence electrons. The van der Waals surface area contributed by atoms with Crippen LogP contribution < -0.4 is 5.32 Å². The Bertz CT molecular complexity index is 628. The molecule has 0 fully saturated rings. The summed E-state index contributed by atoms with van der Waals surface area (Å²) < 4.78 is 0.914. The molecule has 0 radical (unpaired) electrons. The van der Waals surface area contributed by atoms with E-state index in [1.165, 1.54) is 0 Å². The Balaban J connectivity index is 2.48. The fourth-order valence-corrected chi connectivity index (χ4v) is 2.53. The van der Waals surface area contributed by atoms with Gasteiger partial charge in [-0.15, -0.1) is 0 Å². The number of pyridine rings is 1. The first-order valence-electron chi connectivity index (χ1n) is 6.50. The normalized spacial score (nSPS) is 12.8. The van der Waals surface area contributed by atoms with Gasteiger partial charge in [0.15, 0.2) is 0 Å². The number of nitrogens with one attached hydrogen (secondary N) is 1. The van der Waals surface area contributed by atoms with E-state index in [4.69, 9.17) is 0 Å². The number of carbonyl (C=O) groups is 1. The number of carboxylic acids is 1. The maximum absolute atomic E-state index is 11.5. The molecule has 4 nitrogen and oxygen atoms in total. The maximum atomic E-state index is 11.5. The van der Waals surface area contributed by atoms with Crippen LogP contribution in [0, 0.1) is 5.92 Å². The van der Waals surface area contributed by atoms with Gasteiger partial charge in [0, 0.05) is 21.6 Å². The van der Waals surface area contributed by atoms with Crippen molar-refractivity contribution in [3.8, 4) is 0 Å². The third-order valence-electron chi connectivity index (χ3n) is 3.04. The van der Waals surface area contributed by atoms with Gasteiger partial charge >= 0.3 is 5.97 Å². The lowest BCUT2D eigenvalue weighted by Crippen LogP contribution is -2.31. The first-order chi connectivity index (χ1) is 9.50. The Labute approximate surface area is 126 Å². The van der Waals surface area contributed by atoms with Gasteiger partial charge < -0.3 is 10.4 Å². The molecule has 0 saturated carbocycles. The summed E-state index contributed by atoms with van der Waals surface area (Å²) in [6, 6.07) is 6.70. The van der Waals surface area contributed by atoms with Crippen LogP contribution in [0.2, 0.25) is 0 Å². The SMILES string of the molecule is CC(C)CNC(C(=O)O)c1ccc(Br)c2cccnc12. The second-order valence-electron chi connectivity index (χ2n) is 5.11. The van der Waals surface area contributed by atoms with Crippen LogP contribution in [0.25, 0.3) is 10.9 Å². The molecular weight excluding hydrogens is 320 g/mol. The lowest BCUT2D eigenvalue weighted by Gasteiger charge is -2.18. The third kappa shape index (κ3) is 3.16. The molecule has 0 spiro atoms. The van der Waals surface area contributed by atoms with Gasteiger partial charge in [-0.1, -0.05) is 41.9 Å². The standard InChI is InChI=1S/C15H17BrN2O2/c1-9(2)8-18-14(15(19)20)11-5-6-12(16)10-4-3-7-17-13(10)11/h3-7,9,14,18H,8H2,1-2H3,(H,19,20). The summed E-state index contributed by atoms with van der Waals surface area (Å²) in [5.74, 6) is -0.508. The molecule has 0 bridgehead atoms. The number of carboxylic acid groups (broad SMARTS) is 1. The lowest BCUT2D eigenvalue weighted by molar-refractivity contribution is -0.139. The summed E-state index contributed by atoms with van der Waals surface area (Å²) in [4.78, 5) is 15.9. The van der Waals surface area contributed by atoms with Crippen LogP contribution in [0.4, 0.5) is 0 Å². The van der Waals surface area contributed by atoms with Gasteiger partial charge in [0.1, 0.15) is 6.04 Å². The summed E-state index contributed by atoms with van der Waals surface area (Å²) in [5.41, 5.74) is 1.41. The van der Waals surface area contributed by atoms with Gasteiger partial charge in [0.2, 0.25) is 0 Å². The molecule has 1 aromatic carbocycles. The average Bonchev–Trinajstić information content (AvgIpc) is 2.41. The smallest absolute Gasteiger partial charge is 0.325 e. The van der Waals surface area contributed by atoms with Crippen LogP contribution in [0.5, 0.6) is 0 Å². The second kappa shape index (κ2) is 6.33. The van der Waals surface area contributed by atoms with Crippen molar-refractivity contribution in [1.82, 2.24) is 10.3 Å². The zero-order chi connectivity index (χ0) is 14.7. The Hall–Kier alpha value is -1.46. The molecule has 0 aliphatic heterocycles. The molecule has 1 heterocycles. The number of hydrogen-bond donors (Lipinski definition) is 2. The Morgan fingerprint density at radius 2 is 2.15 bits per heavy atom. The second-order valence-corrected chi connectivity index (χ2v) is 5.96. The highest BCUT2D eigenvalue weighted by Gasteiger charge is 2.22. The molecule has 2 N–H and O–H groups in total. The molecule has 1 atom stereocenters. The Kier molecular flexibility index (Phi) is 4.73. The van der Waals surface area contributed by atoms with Crippen molar-refractivity contribution >= 4 is 32.8 Å². The highest BCUT2D eigenvalue weighted by molar-refractivity contribution is 9.10. The fraction of sp³-hybridized carbons (Fsp3) is 0.333. The predicted molar refractivity (Wildman–Crippen MR) is 82.7 cm³/mol. The Morgan fingerprint density at radius 1 is 1.40 bits per heavy atom. The van der Waals surface area contributed by atoms with Crippen molar-refractivity contribution in [1.29, 1.82) is 0 Å². The van der Waals surface area contributed by atoms with Gasteiger partial charge in [-0.2, -0.15) is 0 Å². The molecule has 2 rings (SSSR count). The minimum atomic E-state index is -0.889. The average molecular weight is 337 g/mol. The summed E-state index contributed by atoms with van der Waals surface area (Å²) in [7, 11) is 0. The zero-order valence-corrected chi connectivity index (χ0v) is 13.0. The van der Waals surface area contributed by atoms with E-state index in [2.05, 4.69) is 26.2 Å². The largest absolute Gasteiger partial charge is 0.480 e. The van der Waals surface area contributed by atoms with Crippen LogP contribution in [-0.4, -0.2) is 22.6 Å². The molecule has 2 aromatic rings. The lowest BCUT2D eigenvalue weighted by atomic mass is 10.0. The maximum Gasteiger partial charge on any atom is 0.325 e. The first kappa shape index (κ1) is 14.9. The number of rotatable bonds is 5. The zero-order valence-electron chi connectivity index (χ0n) is 11.4. The van der Waals surface area contributed by atoms with Crippen LogP contribution in [0.15, 0.2) is 34.9 Å². The van der Waals surface area contributed by atoms with Crippen molar-refractivity contribution in [3.63, 3.8) is 0 Å². The summed E-state index contributed by atoms with van der Waals surface area (Å²) in [6.45, 7) is 4.73. The summed E-state index contributed by atoms with van der Waals surface area (Å²) >= 11 is 3.47. The van der Waals surface area contributed by atoms with Gasteiger partial charge in [-0.3, -0.25) is 9.78 Å². The van der Waals surface area contributed by atoms with Gasteiger partial charge in [0.25, 0.3) is 0 Å². The number of hydrogen-bond acceptors (Lipinski definition) is 3. The summed E-state index contributed by atoms with van der Waals surface area (Å²) in [5, 5.41) is 13.5. The van der Waals surface area contributed by atoms with Crippen LogP contribution in [-0.2, 0) is 4.79 Å². The number of nitrogens with zero attached hydrogens (tertiary/aromatic N) is 1. The molecule has 0 aliphatic rings. The number of halogens is 1. The number of fused-ring (bicyclic) bond motifs is 1. The van der Waals surface area contributed by atoms with E-state index < -0.39 is 12.0 Å². The van der Waals surface area contributed by atoms with Crippen molar-refractivity contribution < 1.29 is 9.90 Å². The van der Waals surface area contributed by atoms with E-state index in [1.807, 2.05) is 38.1 Å². The van der Waals surface area contributed by atoms with Gasteiger partial charge in [-0.05, 0) is 24.6 Å². The predicted octanol–water partition coefficient (Wildman–Crippen LogP) is 3.37. The first-order valence-corrected chi connectivity index (χ1v) is 7.29. The highest BCUT2D eigenvalue weighted by Crippen LogP contribution is 2.29. The van der Waals surface area contributed by atoms with E-state index in [-0.39, 0.29) is 0 Å². The number of aliphatic carboxylic acids is 1. The molecular formula is C15H17BrN2O2. The minimum absolute atomic E-state index is 0.381. The molecule has 0 amide bonds. The third-order valence-corrected chi connectivity index (χ3v) is 3.73. The van der Waals surface area contributed by atoms with E-state index in [9.17, 15) is 9.90 Å². The molecule has 0 saturated heterocycles. The molecule has 1 aromatic heterocycles. The van der Waals surface area contributed by atoms with Crippen molar-refractivity contribution in [2.24, 2.45) is 5.92 Å². The molecule has 1 unspecified atom stereocenters. The van der Waals surface area contributed by atoms with E-state index in [1.54, 1.807) is 6.20 Å². The highest BCUT2D eigenvalue weighted by atomic mass is 79.9. The van der Waals surface area contributed by atoms with E-state index in [0.29, 0.717) is 23.5 Å². The van der Waals surface area contributed by atoms with Crippen molar-refractivity contribution in [2.75, 3.05) is 6.54 Å². The van der Waals surface area contributed by atoms with Crippen molar-refractivity contribution in [3.05, 3.63) is 40.5 Å². The molecule has 20 heavy (non-hydrogen) atoms. The molecule has 0 aliphatic carbocycles. The minimum Gasteiger partial charge on any atom is -0.480 e. The van der Waals surface area contributed by atoms with Crippen LogP contribution in [0.1, 0.15) is 25.5 Å². The van der Waals surface area contributed by atoms with Gasteiger partial charge in [0.05, 0.1) is 5.52 Å². The topological polar surface area (TPSA) is 62.2 Å². The summed E-state index contributed by atoms with van der Waals surface area (Å²) in [6.07, 6.45) is 1.68. The van der Waals surface area contributed by atoms with Crippen LogP contribution in [0.3, 0.4) is 0 Å². The fourth-order valence-electron chi connectivity index (χ4n) is 2.08. The quantitative estimate of drug-likeness (QED) is 0.878. The van der Waals surface area contributed by atoms with Crippen LogP contribution >= 0.6 is 15.9 Å². The van der Waals surface area contributed by atoms with Gasteiger partial charge in [-0.25, -0.2) is 0 Å². The van der Waals surface area contributed by atoms with E-state index >= 15 is 0 Å². The monoisotopic (exact) mass is 336 g/mol. The van der Waals surface area contributed by atoms with E-state index in [0.717, 1.165) is 9.86 Å². The van der Waals surface area contributed by atoms with Crippen molar-refractivity contribution in [2.45, 2.75) is 19.9 Å². The number of aromatic nitrogens is 1. The molecule has 5 heteroatoms. The Morgan fingerprint density at radius 3 is 2.80 bits per heavy atom.